The highest BCUT2D eigenvalue weighted by molar-refractivity contribution is 5.69. The predicted octanol–water partition coefficient (Wildman–Crippen LogP) is 2.60. The van der Waals surface area contributed by atoms with Gasteiger partial charge in [0.2, 0.25) is 0 Å². The smallest absolute Gasteiger partial charge is 0.410 e. The van der Waals surface area contributed by atoms with Crippen molar-refractivity contribution in [1.82, 2.24) is 15.1 Å². The van der Waals surface area contributed by atoms with Crippen LogP contribution in [0.2, 0.25) is 0 Å². The fourth-order valence-corrected chi connectivity index (χ4v) is 4.49. The highest BCUT2D eigenvalue weighted by atomic mass is 16.6. The molecule has 0 aromatic carbocycles. The van der Waals surface area contributed by atoms with E-state index in [4.69, 9.17) is 4.74 Å². The fraction of sp³-hybridized carbons (Fsp3) is 0.944. The van der Waals surface area contributed by atoms with Crippen LogP contribution in [0.1, 0.15) is 59.3 Å². The SMILES string of the molecule is CN1C2CCC1CC(NCC1CCCN1C(=O)OC(C)(C)C)C2. The van der Waals surface area contributed by atoms with E-state index in [-0.39, 0.29) is 6.09 Å². The van der Waals surface area contributed by atoms with Crippen LogP contribution in [0.4, 0.5) is 4.79 Å². The zero-order valence-corrected chi connectivity index (χ0v) is 15.2. The van der Waals surface area contributed by atoms with Crippen molar-refractivity contribution in [2.45, 2.75) is 89.1 Å². The van der Waals surface area contributed by atoms with Gasteiger partial charge < -0.3 is 19.9 Å². The van der Waals surface area contributed by atoms with E-state index < -0.39 is 5.60 Å². The minimum Gasteiger partial charge on any atom is -0.444 e. The third-order valence-corrected chi connectivity index (χ3v) is 5.75. The maximum absolute atomic E-state index is 12.3. The summed E-state index contributed by atoms with van der Waals surface area (Å²) >= 11 is 0. The Hall–Kier alpha value is -0.810. The van der Waals surface area contributed by atoms with Crippen molar-refractivity contribution in [2.75, 3.05) is 20.1 Å². The number of nitrogens with one attached hydrogen (secondary N) is 1. The number of fused-ring (bicyclic) bond motifs is 2. The monoisotopic (exact) mass is 323 g/mol. The van der Waals surface area contributed by atoms with Crippen LogP contribution in [-0.4, -0.2) is 65.8 Å². The summed E-state index contributed by atoms with van der Waals surface area (Å²) in [5, 5.41) is 3.76. The first kappa shape index (κ1) is 17.0. The quantitative estimate of drug-likeness (QED) is 0.867. The molecule has 3 fully saturated rings. The number of carbonyl (C=O) groups excluding carboxylic acids is 1. The highest BCUT2D eigenvalue weighted by Crippen LogP contribution is 2.34. The number of likely N-dealkylation sites (tertiary alicyclic amines) is 1. The zero-order chi connectivity index (χ0) is 16.6. The Balaban J connectivity index is 1.49. The molecule has 23 heavy (non-hydrogen) atoms. The summed E-state index contributed by atoms with van der Waals surface area (Å²) in [7, 11) is 2.28. The van der Waals surface area contributed by atoms with Crippen LogP contribution in [0.3, 0.4) is 0 Å². The van der Waals surface area contributed by atoms with E-state index in [9.17, 15) is 4.79 Å². The van der Waals surface area contributed by atoms with E-state index in [0.717, 1.165) is 38.0 Å². The third kappa shape index (κ3) is 4.00. The van der Waals surface area contributed by atoms with E-state index in [1.54, 1.807) is 0 Å². The van der Waals surface area contributed by atoms with E-state index in [0.29, 0.717) is 12.1 Å². The van der Waals surface area contributed by atoms with Crippen LogP contribution >= 0.6 is 0 Å². The molecule has 3 heterocycles. The molecule has 1 N–H and O–H groups in total. The van der Waals surface area contributed by atoms with Gasteiger partial charge >= 0.3 is 6.09 Å². The van der Waals surface area contributed by atoms with Crippen LogP contribution in [0.5, 0.6) is 0 Å². The number of carbonyl (C=O) groups is 1. The molecule has 3 atom stereocenters. The second kappa shape index (κ2) is 6.60. The molecule has 2 bridgehead atoms. The van der Waals surface area contributed by atoms with Gasteiger partial charge in [-0.2, -0.15) is 0 Å². The van der Waals surface area contributed by atoms with Crippen molar-refractivity contribution in [3.8, 4) is 0 Å². The van der Waals surface area contributed by atoms with Crippen LogP contribution in [0, 0.1) is 0 Å². The van der Waals surface area contributed by atoms with Crippen molar-refractivity contribution < 1.29 is 9.53 Å². The molecule has 0 spiro atoms. The first-order chi connectivity index (χ1) is 10.8. The van der Waals surface area contributed by atoms with Crippen molar-refractivity contribution in [3.05, 3.63) is 0 Å². The molecule has 3 unspecified atom stereocenters. The summed E-state index contributed by atoms with van der Waals surface area (Å²) in [5.74, 6) is 0. The maximum Gasteiger partial charge on any atom is 0.410 e. The first-order valence-corrected chi connectivity index (χ1v) is 9.28. The van der Waals surface area contributed by atoms with Gasteiger partial charge in [0, 0.05) is 37.3 Å². The van der Waals surface area contributed by atoms with Gasteiger partial charge in [0.25, 0.3) is 0 Å². The molecule has 5 heteroatoms. The number of ether oxygens (including phenoxy) is 1. The van der Waals surface area contributed by atoms with Crippen molar-refractivity contribution in [2.24, 2.45) is 0 Å². The van der Waals surface area contributed by atoms with Gasteiger partial charge in [0.15, 0.2) is 0 Å². The number of hydrogen-bond donors (Lipinski definition) is 1. The van der Waals surface area contributed by atoms with E-state index >= 15 is 0 Å². The second-order valence-electron chi connectivity index (χ2n) is 8.60. The Kier molecular flexibility index (Phi) is 4.88. The van der Waals surface area contributed by atoms with Crippen molar-refractivity contribution in [3.63, 3.8) is 0 Å². The lowest BCUT2D eigenvalue weighted by Gasteiger charge is -2.37. The molecule has 3 rings (SSSR count). The largest absolute Gasteiger partial charge is 0.444 e. The molecule has 0 aliphatic carbocycles. The Morgan fingerprint density at radius 3 is 2.43 bits per heavy atom. The summed E-state index contributed by atoms with van der Waals surface area (Å²) in [6, 6.07) is 2.43. The number of rotatable bonds is 3. The standard InChI is InChI=1S/C18H33N3O2/c1-18(2,3)23-17(22)21-9-5-6-16(21)12-19-13-10-14-7-8-15(11-13)20(14)4/h13-16,19H,5-12H2,1-4H3. The van der Waals surface area contributed by atoms with Gasteiger partial charge in [-0.15, -0.1) is 0 Å². The van der Waals surface area contributed by atoms with Crippen molar-refractivity contribution in [1.29, 1.82) is 0 Å². The second-order valence-corrected chi connectivity index (χ2v) is 8.60. The van der Waals surface area contributed by atoms with Crippen LogP contribution in [-0.2, 0) is 4.74 Å². The molecule has 5 nitrogen and oxygen atoms in total. The molecular weight excluding hydrogens is 290 g/mol. The van der Waals surface area contributed by atoms with Gasteiger partial charge in [-0.25, -0.2) is 4.79 Å². The van der Waals surface area contributed by atoms with Crippen molar-refractivity contribution >= 4 is 6.09 Å². The van der Waals surface area contributed by atoms with E-state index in [1.807, 2.05) is 25.7 Å². The number of hydrogen-bond acceptors (Lipinski definition) is 4. The molecule has 3 aliphatic rings. The number of nitrogens with zero attached hydrogens (tertiary/aromatic N) is 2. The van der Waals surface area contributed by atoms with Crippen LogP contribution < -0.4 is 5.32 Å². The van der Waals surface area contributed by atoms with Gasteiger partial charge in [0.1, 0.15) is 5.60 Å². The third-order valence-electron chi connectivity index (χ3n) is 5.75. The summed E-state index contributed by atoms with van der Waals surface area (Å²) in [5.41, 5.74) is -0.412. The Labute approximate surface area is 140 Å². The first-order valence-electron chi connectivity index (χ1n) is 9.28. The molecule has 0 radical (unpaired) electrons. The average Bonchev–Trinajstić information content (AvgIpc) is 2.97. The molecule has 132 valence electrons. The van der Waals surface area contributed by atoms with Gasteiger partial charge in [-0.3, -0.25) is 0 Å². The Bertz CT molecular complexity index is 420. The lowest BCUT2D eigenvalue weighted by atomic mass is 9.97. The predicted molar refractivity (Wildman–Crippen MR) is 91.6 cm³/mol. The molecule has 0 aromatic rings. The Morgan fingerprint density at radius 1 is 1.17 bits per heavy atom. The molecule has 0 aromatic heterocycles. The molecular formula is C18H33N3O2. The van der Waals surface area contributed by atoms with Crippen LogP contribution in [0.15, 0.2) is 0 Å². The highest BCUT2D eigenvalue weighted by Gasteiger charge is 2.39. The molecule has 0 saturated carbocycles. The summed E-state index contributed by atoms with van der Waals surface area (Å²) < 4.78 is 5.55. The van der Waals surface area contributed by atoms with E-state index in [2.05, 4.69) is 17.3 Å². The normalized spacial score (nSPS) is 34.9. The molecule has 3 aliphatic heterocycles. The van der Waals surface area contributed by atoms with E-state index in [1.165, 1.54) is 25.7 Å². The Morgan fingerprint density at radius 2 is 1.83 bits per heavy atom. The topological polar surface area (TPSA) is 44.8 Å². The van der Waals surface area contributed by atoms with Gasteiger partial charge in [0.05, 0.1) is 0 Å². The molecule has 1 amide bonds. The number of piperidine rings is 1. The van der Waals surface area contributed by atoms with Gasteiger partial charge in [-0.1, -0.05) is 0 Å². The average molecular weight is 323 g/mol. The summed E-state index contributed by atoms with van der Waals surface area (Å²) in [6.45, 7) is 7.54. The minimum absolute atomic E-state index is 0.148. The maximum atomic E-state index is 12.3. The molecule has 3 saturated heterocycles. The zero-order valence-electron chi connectivity index (χ0n) is 15.2. The summed E-state index contributed by atoms with van der Waals surface area (Å²) in [4.78, 5) is 16.9. The lowest BCUT2D eigenvalue weighted by Crippen LogP contribution is -2.50. The lowest BCUT2D eigenvalue weighted by molar-refractivity contribution is 0.0221. The minimum atomic E-state index is -0.412. The fourth-order valence-electron chi connectivity index (χ4n) is 4.49. The van der Waals surface area contributed by atoms with Gasteiger partial charge in [-0.05, 0) is 66.3 Å². The number of amides is 1. The van der Waals surface area contributed by atoms with Crippen LogP contribution in [0.25, 0.3) is 0 Å². The summed E-state index contributed by atoms with van der Waals surface area (Å²) in [6.07, 6.45) is 7.25.